The van der Waals surface area contributed by atoms with E-state index in [0.717, 1.165) is 11.7 Å². The molecule has 8 heteroatoms. The van der Waals surface area contributed by atoms with Crippen LogP contribution < -0.4 is 10.1 Å². The molecule has 1 N–H and O–H groups in total. The fourth-order valence-electron chi connectivity index (χ4n) is 1.50. The maximum absolute atomic E-state index is 12.2. The molecule has 1 heterocycles. The Bertz CT molecular complexity index is 556. The van der Waals surface area contributed by atoms with E-state index in [2.05, 4.69) is 18.8 Å². The van der Waals surface area contributed by atoms with Gasteiger partial charge in [-0.25, -0.2) is 0 Å². The lowest BCUT2D eigenvalue weighted by Crippen LogP contribution is -2.17. The molecule has 0 saturated carbocycles. The second-order valence-corrected chi connectivity index (χ2v) is 4.10. The monoisotopic (exact) mass is 289 g/mol. The minimum atomic E-state index is -4.70. The highest BCUT2D eigenvalue weighted by Crippen LogP contribution is 2.30. The van der Waals surface area contributed by atoms with Crippen LogP contribution in [0.1, 0.15) is 6.92 Å². The minimum Gasteiger partial charge on any atom is -0.406 e. The molecule has 0 aliphatic heterocycles. The van der Waals surface area contributed by atoms with E-state index < -0.39 is 6.36 Å². The molecule has 4 nitrogen and oxygen atoms in total. The Balaban J connectivity index is 2.30. The fourth-order valence-corrected chi connectivity index (χ4v) is 2.05. The summed E-state index contributed by atoms with van der Waals surface area (Å²) >= 11 is 0.994. The summed E-state index contributed by atoms with van der Waals surface area (Å²) in [5.41, 5.74) is 1.03. The molecule has 0 bridgehead atoms. The molecular formula is C11H10F3N3OS. The van der Waals surface area contributed by atoms with E-state index in [1.54, 1.807) is 6.07 Å². The summed E-state index contributed by atoms with van der Waals surface area (Å²) in [5.74, 6) is 0.275. The Morgan fingerprint density at radius 1 is 1.32 bits per heavy atom. The first-order chi connectivity index (χ1) is 8.99. The number of halogens is 3. The zero-order chi connectivity index (χ0) is 13.9. The number of hydrogen-bond donors (Lipinski definition) is 1. The minimum absolute atomic E-state index is 0.277. The Morgan fingerprint density at radius 2 is 2.11 bits per heavy atom. The van der Waals surface area contributed by atoms with Gasteiger partial charge in [-0.05, 0) is 19.1 Å². The fraction of sp³-hybridized carbons (Fsp3) is 0.273. The summed E-state index contributed by atoms with van der Waals surface area (Å²) in [6, 6.07) is 5.65. The smallest absolute Gasteiger partial charge is 0.406 e. The topological polar surface area (TPSA) is 47.0 Å². The summed E-state index contributed by atoms with van der Waals surface area (Å²) in [6.45, 7) is 2.55. The molecule has 2 aromatic rings. The molecule has 0 spiro atoms. The van der Waals surface area contributed by atoms with Crippen LogP contribution in [0.5, 0.6) is 5.75 Å². The zero-order valence-corrected chi connectivity index (χ0v) is 10.7. The van der Waals surface area contributed by atoms with Crippen molar-refractivity contribution in [2.24, 2.45) is 0 Å². The average Bonchev–Trinajstić information content (AvgIpc) is 2.76. The van der Waals surface area contributed by atoms with Gasteiger partial charge in [-0.1, -0.05) is 12.1 Å². The normalized spacial score (nSPS) is 11.4. The first kappa shape index (κ1) is 13.6. The number of rotatable bonds is 4. The van der Waals surface area contributed by atoms with Gasteiger partial charge in [0.1, 0.15) is 11.4 Å². The molecule has 0 aliphatic carbocycles. The summed E-state index contributed by atoms with van der Waals surface area (Å²) in [4.78, 5) is 0. The highest BCUT2D eigenvalue weighted by molar-refractivity contribution is 6.99. The maximum atomic E-state index is 12.2. The van der Waals surface area contributed by atoms with Crippen molar-refractivity contribution in [1.29, 1.82) is 0 Å². The van der Waals surface area contributed by atoms with Crippen LogP contribution >= 0.6 is 11.7 Å². The number of nitrogens with one attached hydrogen (secondary N) is 1. The van der Waals surface area contributed by atoms with E-state index in [1.165, 1.54) is 18.2 Å². The van der Waals surface area contributed by atoms with Gasteiger partial charge in [-0.3, -0.25) is 0 Å². The van der Waals surface area contributed by atoms with Crippen molar-refractivity contribution >= 4 is 17.5 Å². The van der Waals surface area contributed by atoms with Crippen molar-refractivity contribution in [1.82, 2.24) is 8.75 Å². The number of aromatic nitrogens is 2. The first-order valence-electron chi connectivity index (χ1n) is 5.42. The third-order valence-electron chi connectivity index (χ3n) is 2.17. The quantitative estimate of drug-likeness (QED) is 0.935. The van der Waals surface area contributed by atoms with Crippen molar-refractivity contribution in [2.45, 2.75) is 13.3 Å². The van der Waals surface area contributed by atoms with E-state index in [9.17, 15) is 13.2 Å². The van der Waals surface area contributed by atoms with Gasteiger partial charge in [0.25, 0.3) is 0 Å². The van der Waals surface area contributed by atoms with Crippen LogP contribution in [0.25, 0.3) is 11.3 Å². The molecule has 102 valence electrons. The van der Waals surface area contributed by atoms with Crippen molar-refractivity contribution in [3.8, 4) is 17.0 Å². The van der Waals surface area contributed by atoms with E-state index in [0.29, 0.717) is 23.6 Å². The van der Waals surface area contributed by atoms with Crippen molar-refractivity contribution < 1.29 is 17.9 Å². The van der Waals surface area contributed by atoms with Crippen molar-refractivity contribution in [3.63, 3.8) is 0 Å². The van der Waals surface area contributed by atoms with Crippen LogP contribution in [0.4, 0.5) is 19.0 Å². The lowest BCUT2D eigenvalue weighted by atomic mass is 10.1. The third-order valence-corrected chi connectivity index (χ3v) is 2.70. The molecule has 0 unspecified atom stereocenters. The summed E-state index contributed by atoms with van der Waals surface area (Å²) in [6.07, 6.45) is -4.70. The molecule has 0 radical (unpaired) electrons. The van der Waals surface area contributed by atoms with Gasteiger partial charge in [-0.15, -0.1) is 13.2 Å². The Kier molecular flexibility index (Phi) is 3.89. The third kappa shape index (κ3) is 3.57. The molecule has 0 atom stereocenters. The van der Waals surface area contributed by atoms with Gasteiger partial charge in [0.15, 0.2) is 5.82 Å². The van der Waals surface area contributed by atoms with Gasteiger partial charge < -0.3 is 10.1 Å². The lowest BCUT2D eigenvalue weighted by molar-refractivity contribution is -0.274. The average molecular weight is 289 g/mol. The lowest BCUT2D eigenvalue weighted by Gasteiger charge is -2.09. The number of hydrogen-bond acceptors (Lipinski definition) is 5. The van der Waals surface area contributed by atoms with E-state index in [4.69, 9.17) is 0 Å². The van der Waals surface area contributed by atoms with Gasteiger partial charge >= 0.3 is 6.36 Å². The van der Waals surface area contributed by atoms with Crippen LogP contribution in [-0.4, -0.2) is 21.7 Å². The largest absolute Gasteiger partial charge is 0.573 e. The summed E-state index contributed by atoms with van der Waals surface area (Å²) in [5, 5.41) is 3.00. The van der Waals surface area contributed by atoms with Crippen LogP contribution in [0, 0.1) is 0 Å². The van der Waals surface area contributed by atoms with Gasteiger partial charge in [0.2, 0.25) is 0 Å². The number of anilines is 1. The Hall–Kier alpha value is -1.83. The van der Waals surface area contributed by atoms with Crippen LogP contribution in [-0.2, 0) is 0 Å². The second-order valence-electron chi connectivity index (χ2n) is 3.57. The molecule has 1 aromatic heterocycles. The summed E-state index contributed by atoms with van der Waals surface area (Å²) in [7, 11) is 0. The highest BCUT2D eigenvalue weighted by atomic mass is 32.1. The van der Waals surface area contributed by atoms with Crippen molar-refractivity contribution in [2.75, 3.05) is 11.9 Å². The van der Waals surface area contributed by atoms with Gasteiger partial charge in [0, 0.05) is 12.1 Å². The summed E-state index contributed by atoms with van der Waals surface area (Å²) < 4.78 is 48.5. The number of nitrogens with zero attached hydrogens (tertiary/aromatic N) is 2. The molecule has 2 rings (SSSR count). The number of ether oxygens (including phenoxy) is 1. The highest BCUT2D eigenvalue weighted by Gasteiger charge is 2.31. The SMILES string of the molecule is CCNc1nsnc1-c1cccc(OC(F)(F)F)c1. The molecule has 0 amide bonds. The van der Waals surface area contributed by atoms with E-state index in [-0.39, 0.29) is 5.75 Å². The van der Waals surface area contributed by atoms with Crippen LogP contribution in [0.15, 0.2) is 24.3 Å². The van der Waals surface area contributed by atoms with E-state index in [1.807, 2.05) is 6.92 Å². The molecular weight excluding hydrogens is 279 g/mol. The Labute approximate surface area is 111 Å². The zero-order valence-electron chi connectivity index (χ0n) is 9.86. The molecule has 0 aliphatic rings. The first-order valence-corrected chi connectivity index (χ1v) is 6.15. The maximum Gasteiger partial charge on any atom is 0.573 e. The number of alkyl halides is 3. The molecule has 19 heavy (non-hydrogen) atoms. The number of benzene rings is 1. The van der Waals surface area contributed by atoms with Crippen molar-refractivity contribution in [3.05, 3.63) is 24.3 Å². The van der Waals surface area contributed by atoms with Crippen LogP contribution in [0.2, 0.25) is 0 Å². The predicted octanol–water partition coefficient (Wildman–Crippen LogP) is 3.54. The molecule has 1 aromatic carbocycles. The van der Waals surface area contributed by atoms with Crippen LogP contribution in [0.3, 0.4) is 0 Å². The standard InChI is InChI=1S/C11H10F3N3OS/c1-2-15-10-9(16-19-17-10)7-4-3-5-8(6-7)18-11(12,13)14/h3-6H,2H2,1H3,(H,15,17). The molecule has 0 fully saturated rings. The second kappa shape index (κ2) is 5.43. The molecule has 0 saturated heterocycles. The van der Waals surface area contributed by atoms with Gasteiger partial charge in [-0.2, -0.15) is 8.75 Å². The van der Waals surface area contributed by atoms with Gasteiger partial charge in [0.05, 0.1) is 11.7 Å². The Morgan fingerprint density at radius 3 is 2.79 bits per heavy atom. The predicted molar refractivity (Wildman–Crippen MR) is 66.2 cm³/mol. The van der Waals surface area contributed by atoms with E-state index >= 15 is 0 Å².